The minimum absolute atomic E-state index is 0.0310. The van der Waals surface area contributed by atoms with Crippen molar-refractivity contribution in [3.8, 4) is 0 Å². The number of nitrogens with one attached hydrogen (secondary N) is 1. The summed E-state index contributed by atoms with van der Waals surface area (Å²) in [7, 11) is 0. The van der Waals surface area contributed by atoms with Gasteiger partial charge in [-0.15, -0.1) is 0 Å². The first-order valence-electron chi connectivity index (χ1n) is 5.26. The minimum atomic E-state index is -1.08. The van der Waals surface area contributed by atoms with Gasteiger partial charge < -0.3 is 19.9 Å². The standard InChI is InChI=1S/C10H17NO5/c1-7(8-2-3-15-4-8)11-9(12)5-16-6-10(13)14/h7-8H,2-6H2,1H3,(H,11,12)(H,13,14). The van der Waals surface area contributed by atoms with E-state index in [9.17, 15) is 9.59 Å². The van der Waals surface area contributed by atoms with Gasteiger partial charge in [0.05, 0.1) is 6.61 Å². The number of ether oxygens (including phenoxy) is 2. The lowest BCUT2D eigenvalue weighted by Crippen LogP contribution is -2.40. The Morgan fingerprint density at radius 2 is 2.31 bits per heavy atom. The minimum Gasteiger partial charge on any atom is -0.480 e. The number of carboxylic acids is 1. The van der Waals surface area contributed by atoms with E-state index in [0.29, 0.717) is 12.5 Å². The van der Waals surface area contributed by atoms with Gasteiger partial charge in [0.25, 0.3) is 0 Å². The zero-order chi connectivity index (χ0) is 12.0. The van der Waals surface area contributed by atoms with Crippen molar-refractivity contribution in [2.45, 2.75) is 19.4 Å². The molecule has 1 heterocycles. The molecule has 0 saturated carbocycles. The molecule has 1 aliphatic heterocycles. The highest BCUT2D eigenvalue weighted by molar-refractivity contribution is 5.78. The van der Waals surface area contributed by atoms with E-state index in [1.807, 2.05) is 6.92 Å². The number of rotatable bonds is 6. The van der Waals surface area contributed by atoms with E-state index < -0.39 is 12.6 Å². The van der Waals surface area contributed by atoms with Crippen LogP contribution in [0.1, 0.15) is 13.3 Å². The first-order chi connectivity index (χ1) is 7.59. The molecule has 1 aliphatic rings. The van der Waals surface area contributed by atoms with Gasteiger partial charge in [0.2, 0.25) is 5.91 Å². The highest BCUT2D eigenvalue weighted by Gasteiger charge is 2.23. The average Bonchev–Trinajstić information content (AvgIpc) is 2.69. The van der Waals surface area contributed by atoms with Crippen LogP contribution in [0.4, 0.5) is 0 Å². The average molecular weight is 231 g/mol. The predicted molar refractivity (Wildman–Crippen MR) is 55.0 cm³/mol. The van der Waals surface area contributed by atoms with E-state index in [1.165, 1.54) is 0 Å². The number of carboxylic acid groups (broad SMARTS) is 1. The van der Waals surface area contributed by atoms with E-state index in [1.54, 1.807) is 0 Å². The van der Waals surface area contributed by atoms with Gasteiger partial charge in [-0.1, -0.05) is 0 Å². The second-order valence-electron chi connectivity index (χ2n) is 3.87. The summed E-state index contributed by atoms with van der Waals surface area (Å²) >= 11 is 0. The molecule has 92 valence electrons. The fraction of sp³-hybridized carbons (Fsp3) is 0.800. The molecule has 0 radical (unpaired) electrons. The van der Waals surface area contributed by atoms with Gasteiger partial charge in [-0.3, -0.25) is 4.79 Å². The molecule has 0 aromatic carbocycles. The molecule has 0 aromatic heterocycles. The van der Waals surface area contributed by atoms with Crippen LogP contribution in [0.15, 0.2) is 0 Å². The Morgan fingerprint density at radius 1 is 1.56 bits per heavy atom. The number of carbonyl (C=O) groups excluding carboxylic acids is 1. The Morgan fingerprint density at radius 3 is 2.88 bits per heavy atom. The normalized spacial score (nSPS) is 21.7. The molecule has 6 nitrogen and oxygen atoms in total. The smallest absolute Gasteiger partial charge is 0.329 e. The summed E-state index contributed by atoms with van der Waals surface area (Å²) in [5.74, 6) is -1.03. The second-order valence-corrected chi connectivity index (χ2v) is 3.87. The van der Waals surface area contributed by atoms with Crippen molar-refractivity contribution in [3.63, 3.8) is 0 Å². The van der Waals surface area contributed by atoms with Crippen molar-refractivity contribution in [1.29, 1.82) is 0 Å². The highest BCUT2D eigenvalue weighted by atomic mass is 16.5. The quantitative estimate of drug-likeness (QED) is 0.651. The molecule has 16 heavy (non-hydrogen) atoms. The summed E-state index contributed by atoms with van der Waals surface area (Å²) in [5, 5.41) is 11.1. The van der Waals surface area contributed by atoms with E-state index in [4.69, 9.17) is 9.84 Å². The van der Waals surface area contributed by atoms with Crippen LogP contribution in [-0.2, 0) is 19.1 Å². The molecule has 1 amide bonds. The largest absolute Gasteiger partial charge is 0.480 e. The third kappa shape index (κ3) is 4.59. The number of amides is 1. The van der Waals surface area contributed by atoms with Gasteiger partial charge in [-0.2, -0.15) is 0 Å². The molecule has 0 bridgehead atoms. The summed E-state index contributed by atoms with van der Waals surface area (Å²) in [5.41, 5.74) is 0. The Hall–Kier alpha value is -1.14. The van der Waals surface area contributed by atoms with Crippen LogP contribution in [0.3, 0.4) is 0 Å². The summed E-state index contributed by atoms with van der Waals surface area (Å²) in [6.45, 7) is 2.64. The van der Waals surface area contributed by atoms with Crippen molar-refractivity contribution in [1.82, 2.24) is 5.32 Å². The zero-order valence-corrected chi connectivity index (χ0v) is 9.27. The molecule has 6 heteroatoms. The van der Waals surface area contributed by atoms with E-state index in [-0.39, 0.29) is 18.6 Å². The lowest BCUT2D eigenvalue weighted by molar-refractivity contribution is -0.143. The first-order valence-corrected chi connectivity index (χ1v) is 5.26. The maximum atomic E-state index is 11.3. The van der Waals surface area contributed by atoms with Crippen molar-refractivity contribution >= 4 is 11.9 Å². The fourth-order valence-electron chi connectivity index (χ4n) is 1.59. The second kappa shape index (κ2) is 6.44. The third-order valence-corrected chi connectivity index (χ3v) is 2.52. The van der Waals surface area contributed by atoms with Crippen LogP contribution in [-0.4, -0.2) is 49.5 Å². The highest BCUT2D eigenvalue weighted by Crippen LogP contribution is 2.16. The number of carbonyl (C=O) groups is 2. The summed E-state index contributed by atoms with van der Waals surface area (Å²) < 4.78 is 9.89. The first kappa shape index (κ1) is 12.9. The fourth-order valence-corrected chi connectivity index (χ4v) is 1.59. The van der Waals surface area contributed by atoms with Crippen LogP contribution in [0.2, 0.25) is 0 Å². The Kier molecular flexibility index (Phi) is 5.21. The lowest BCUT2D eigenvalue weighted by atomic mass is 10.0. The SMILES string of the molecule is CC(NC(=O)COCC(=O)O)C1CCOC1. The maximum absolute atomic E-state index is 11.3. The summed E-state index contributed by atoms with van der Waals surface area (Å²) in [6, 6.07) is 0.0310. The Balaban J connectivity index is 2.15. The molecule has 2 atom stereocenters. The van der Waals surface area contributed by atoms with E-state index in [2.05, 4.69) is 10.1 Å². The van der Waals surface area contributed by atoms with Gasteiger partial charge in [-0.05, 0) is 13.3 Å². The van der Waals surface area contributed by atoms with Crippen LogP contribution >= 0.6 is 0 Å². The summed E-state index contributed by atoms with van der Waals surface area (Å²) in [6.07, 6.45) is 0.942. The van der Waals surface area contributed by atoms with Crippen LogP contribution in [0.25, 0.3) is 0 Å². The number of aliphatic carboxylic acids is 1. The molecule has 1 rings (SSSR count). The van der Waals surface area contributed by atoms with Crippen LogP contribution in [0.5, 0.6) is 0 Å². The molecule has 1 fully saturated rings. The Labute approximate surface area is 93.9 Å². The zero-order valence-electron chi connectivity index (χ0n) is 9.27. The summed E-state index contributed by atoms with van der Waals surface area (Å²) in [4.78, 5) is 21.5. The van der Waals surface area contributed by atoms with Gasteiger partial charge in [0, 0.05) is 18.6 Å². The molecule has 1 saturated heterocycles. The molecule has 2 N–H and O–H groups in total. The molecule has 0 aliphatic carbocycles. The number of hydrogen-bond donors (Lipinski definition) is 2. The van der Waals surface area contributed by atoms with E-state index in [0.717, 1.165) is 13.0 Å². The molecule has 2 unspecified atom stereocenters. The maximum Gasteiger partial charge on any atom is 0.329 e. The van der Waals surface area contributed by atoms with E-state index >= 15 is 0 Å². The molecular formula is C10H17NO5. The van der Waals surface area contributed by atoms with Crippen molar-refractivity contribution in [2.24, 2.45) is 5.92 Å². The monoisotopic (exact) mass is 231 g/mol. The third-order valence-electron chi connectivity index (χ3n) is 2.52. The number of hydrogen-bond acceptors (Lipinski definition) is 4. The Bertz CT molecular complexity index is 250. The molecule has 0 spiro atoms. The molecule has 0 aromatic rings. The lowest BCUT2D eigenvalue weighted by Gasteiger charge is -2.18. The van der Waals surface area contributed by atoms with Gasteiger partial charge >= 0.3 is 5.97 Å². The van der Waals surface area contributed by atoms with Crippen molar-refractivity contribution < 1.29 is 24.2 Å². The van der Waals surface area contributed by atoms with Crippen molar-refractivity contribution in [2.75, 3.05) is 26.4 Å². The predicted octanol–water partition coefficient (Wildman–Crippen LogP) is -0.371. The topological polar surface area (TPSA) is 84.9 Å². The van der Waals surface area contributed by atoms with Gasteiger partial charge in [0.15, 0.2) is 0 Å². The molecular weight excluding hydrogens is 214 g/mol. The van der Waals surface area contributed by atoms with Crippen molar-refractivity contribution in [3.05, 3.63) is 0 Å². The van der Waals surface area contributed by atoms with Gasteiger partial charge in [-0.25, -0.2) is 4.79 Å². The van der Waals surface area contributed by atoms with Crippen LogP contribution < -0.4 is 5.32 Å². The van der Waals surface area contributed by atoms with Crippen LogP contribution in [0, 0.1) is 5.92 Å². The van der Waals surface area contributed by atoms with Gasteiger partial charge in [0.1, 0.15) is 13.2 Å².